The zero-order valence-corrected chi connectivity index (χ0v) is 18.8. The van der Waals surface area contributed by atoms with Crippen LogP contribution in [-0.2, 0) is 19.6 Å². The van der Waals surface area contributed by atoms with Crippen molar-refractivity contribution in [3.8, 4) is 0 Å². The number of hydrogen-bond acceptors (Lipinski definition) is 5. The Hall–Kier alpha value is -2.62. The molecule has 0 saturated heterocycles. The van der Waals surface area contributed by atoms with Gasteiger partial charge in [0.1, 0.15) is 6.54 Å². The van der Waals surface area contributed by atoms with Crippen molar-refractivity contribution in [2.45, 2.75) is 13.8 Å². The lowest BCUT2D eigenvalue weighted by molar-refractivity contribution is -0.119. The van der Waals surface area contributed by atoms with Gasteiger partial charge in [-0.25, -0.2) is 13.8 Å². The average Bonchev–Trinajstić information content (AvgIpc) is 2.65. The number of halogens is 2. The zero-order valence-electron chi connectivity index (χ0n) is 16.4. The Morgan fingerprint density at radius 3 is 2.20 bits per heavy atom. The number of amides is 2. The van der Waals surface area contributed by atoms with E-state index in [1.807, 2.05) is 0 Å². The van der Waals surface area contributed by atoms with Gasteiger partial charge in [0, 0.05) is 12.6 Å². The Bertz CT molecular complexity index is 1090. The number of hydrogen-bond donors (Lipinski definition) is 2. The molecule has 0 spiro atoms. The first kappa shape index (κ1) is 23.7. The minimum Gasteiger partial charge on any atom is -0.326 e. The van der Waals surface area contributed by atoms with E-state index >= 15 is 0 Å². The van der Waals surface area contributed by atoms with Crippen LogP contribution in [-0.4, -0.2) is 38.7 Å². The van der Waals surface area contributed by atoms with Gasteiger partial charge in [-0.15, -0.1) is 0 Å². The molecular formula is C19H20Cl2N4O4S. The van der Waals surface area contributed by atoms with Gasteiger partial charge in [-0.2, -0.15) is 5.10 Å². The summed E-state index contributed by atoms with van der Waals surface area (Å²) < 4.78 is 25.2. The van der Waals surface area contributed by atoms with Crippen LogP contribution in [0.5, 0.6) is 0 Å². The van der Waals surface area contributed by atoms with Gasteiger partial charge in [0.15, 0.2) is 0 Å². The van der Waals surface area contributed by atoms with E-state index in [0.29, 0.717) is 17.0 Å². The summed E-state index contributed by atoms with van der Waals surface area (Å²) in [5, 5.41) is 7.09. The van der Waals surface area contributed by atoms with Crippen LogP contribution in [0.1, 0.15) is 19.4 Å². The summed E-state index contributed by atoms with van der Waals surface area (Å²) in [6.07, 6.45) is 0.980. The molecule has 2 aromatic rings. The Kier molecular flexibility index (Phi) is 7.83. The topological polar surface area (TPSA) is 108 Å². The molecule has 0 bridgehead atoms. The molecule has 2 amide bonds. The number of nitrogens with zero attached hydrogens (tertiary/aromatic N) is 2. The molecular weight excluding hydrogens is 451 g/mol. The van der Waals surface area contributed by atoms with Crippen LogP contribution in [0.4, 0.5) is 11.4 Å². The molecule has 0 radical (unpaired) electrons. The van der Waals surface area contributed by atoms with E-state index in [1.54, 1.807) is 31.2 Å². The molecule has 0 aliphatic heterocycles. The van der Waals surface area contributed by atoms with Crippen LogP contribution >= 0.6 is 23.2 Å². The maximum Gasteiger partial charge on any atom is 0.260 e. The second kappa shape index (κ2) is 9.92. The van der Waals surface area contributed by atoms with Crippen molar-refractivity contribution < 1.29 is 18.0 Å². The molecule has 0 aliphatic rings. The number of hydrazone groups is 1. The minimum absolute atomic E-state index is 0.166. The van der Waals surface area contributed by atoms with E-state index in [1.165, 1.54) is 25.1 Å². The smallest absolute Gasteiger partial charge is 0.260 e. The molecule has 0 aliphatic carbocycles. The van der Waals surface area contributed by atoms with Crippen molar-refractivity contribution in [2.24, 2.45) is 5.10 Å². The van der Waals surface area contributed by atoms with Gasteiger partial charge >= 0.3 is 0 Å². The third-order valence-corrected chi connectivity index (χ3v) is 5.73. The Morgan fingerprint density at radius 2 is 1.67 bits per heavy atom. The van der Waals surface area contributed by atoms with Crippen LogP contribution in [0.25, 0.3) is 0 Å². The van der Waals surface area contributed by atoms with Crippen LogP contribution < -0.4 is 15.0 Å². The minimum atomic E-state index is -3.76. The van der Waals surface area contributed by atoms with Crippen LogP contribution in [0, 0.1) is 0 Å². The molecule has 30 heavy (non-hydrogen) atoms. The standard InChI is InChI=1S/C19H20Cl2N4O4S/c1-12(14-4-6-15(7-5-14)22-13(2)26)23-24-19(27)11-25(30(3,28)29)16-8-9-17(20)18(21)10-16/h4-10H,11H2,1-3H3,(H,22,26)(H,24,27)/b23-12-. The lowest BCUT2D eigenvalue weighted by atomic mass is 10.1. The molecule has 2 rings (SSSR count). The first-order valence-corrected chi connectivity index (χ1v) is 11.2. The maximum atomic E-state index is 12.3. The first-order chi connectivity index (χ1) is 14.0. The van der Waals surface area contributed by atoms with Crippen molar-refractivity contribution in [1.82, 2.24) is 5.43 Å². The van der Waals surface area contributed by atoms with E-state index in [0.717, 1.165) is 10.6 Å². The zero-order chi connectivity index (χ0) is 22.5. The highest BCUT2D eigenvalue weighted by molar-refractivity contribution is 7.92. The van der Waals surface area contributed by atoms with Gasteiger partial charge in [0.25, 0.3) is 5.91 Å². The summed E-state index contributed by atoms with van der Waals surface area (Å²) in [5.74, 6) is -0.821. The molecule has 0 heterocycles. The SMILES string of the molecule is CC(=O)Nc1ccc(/C(C)=N\NC(=O)CN(c2ccc(Cl)c(Cl)c2)S(C)(=O)=O)cc1. The number of carbonyl (C=O) groups excluding carboxylic acids is 2. The Labute approximate surface area is 184 Å². The molecule has 11 heteroatoms. The van der Waals surface area contributed by atoms with Gasteiger partial charge in [-0.05, 0) is 42.8 Å². The van der Waals surface area contributed by atoms with Crippen molar-refractivity contribution in [3.63, 3.8) is 0 Å². The number of nitrogens with one attached hydrogen (secondary N) is 2. The predicted octanol–water partition coefficient (Wildman–Crippen LogP) is 3.26. The second-order valence-corrected chi connectivity index (χ2v) is 9.08. The molecule has 8 nitrogen and oxygen atoms in total. The fourth-order valence-electron chi connectivity index (χ4n) is 2.41. The van der Waals surface area contributed by atoms with E-state index in [-0.39, 0.29) is 21.6 Å². The summed E-state index contributed by atoms with van der Waals surface area (Å²) in [6, 6.07) is 11.1. The van der Waals surface area contributed by atoms with E-state index in [4.69, 9.17) is 23.2 Å². The molecule has 0 aromatic heterocycles. The largest absolute Gasteiger partial charge is 0.326 e. The molecule has 0 atom stereocenters. The lowest BCUT2D eigenvalue weighted by Gasteiger charge is -2.21. The van der Waals surface area contributed by atoms with Crippen molar-refractivity contribution in [1.29, 1.82) is 0 Å². The highest BCUT2D eigenvalue weighted by Gasteiger charge is 2.21. The van der Waals surface area contributed by atoms with E-state index in [9.17, 15) is 18.0 Å². The van der Waals surface area contributed by atoms with Gasteiger partial charge in [-0.3, -0.25) is 13.9 Å². The molecule has 0 unspecified atom stereocenters. The Balaban J connectivity index is 2.11. The molecule has 2 aromatic carbocycles. The Morgan fingerprint density at radius 1 is 1.03 bits per heavy atom. The predicted molar refractivity (Wildman–Crippen MR) is 120 cm³/mol. The summed E-state index contributed by atoms with van der Waals surface area (Å²) in [6.45, 7) is 2.60. The van der Waals surface area contributed by atoms with E-state index in [2.05, 4.69) is 15.8 Å². The van der Waals surface area contributed by atoms with Crippen molar-refractivity contribution in [3.05, 3.63) is 58.1 Å². The summed E-state index contributed by atoms with van der Waals surface area (Å²) in [4.78, 5) is 23.4. The first-order valence-electron chi connectivity index (χ1n) is 8.61. The molecule has 160 valence electrons. The van der Waals surface area contributed by atoms with Gasteiger partial charge in [-0.1, -0.05) is 35.3 Å². The number of sulfonamides is 1. The number of rotatable bonds is 7. The third-order valence-electron chi connectivity index (χ3n) is 3.85. The molecule has 2 N–H and O–H groups in total. The van der Waals surface area contributed by atoms with Crippen molar-refractivity contribution >= 4 is 62.1 Å². The van der Waals surface area contributed by atoms with Gasteiger partial charge in [0.2, 0.25) is 15.9 Å². The third kappa shape index (κ3) is 6.72. The normalized spacial score (nSPS) is 11.7. The molecule has 0 fully saturated rings. The highest BCUT2D eigenvalue weighted by Crippen LogP contribution is 2.28. The van der Waals surface area contributed by atoms with Crippen LogP contribution in [0.3, 0.4) is 0 Å². The second-order valence-electron chi connectivity index (χ2n) is 6.36. The van der Waals surface area contributed by atoms with Gasteiger partial charge in [0.05, 0.1) is 27.7 Å². The number of carbonyl (C=O) groups is 2. The fraction of sp³-hybridized carbons (Fsp3) is 0.211. The molecule has 0 saturated carbocycles. The average molecular weight is 471 g/mol. The lowest BCUT2D eigenvalue weighted by Crippen LogP contribution is -2.39. The number of benzene rings is 2. The number of anilines is 2. The van der Waals surface area contributed by atoms with Crippen LogP contribution in [0.2, 0.25) is 10.0 Å². The fourth-order valence-corrected chi connectivity index (χ4v) is 3.56. The van der Waals surface area contributed by atoms with Crippen LogP contribution in [0.15, 0.2) is 47.6 Å². The summed E-state index contributed by atoms with van der Waals surface area (Å²) in [5.41, 5.74) is 4.39. The van der Waals surface area contributed by atoms with E-state index < -0.39 is 22.5 Å². The highest BCUT2D eigenvalue weighted by atomic mass is 35.5. The summed E-state index contributed by atoms with van der Waals surface area (Å²) >= 11 is 11.8. The maximum absolute atomic E-state index is 12.3. The van der Waals surface area contributed by atoms with Crippen molar-refractivity contribution in [2.75, 3.05) is 22.4 Å². The summed E-state index contributed by atoms with van der Waals surface area (Å²) in [7, 11) is -3.76. The van der Waals surface area contributed by atoms with Gasteiger partial charge < -0.3 is 5.32 Å². The quantitative estimate of drug-likeness (QED) is 0.477. The monoisotopic (exact) mass is 470 g/mol.